The molecule has 3 nitrogen and oxygen atoms in total. The summed E-state index contributed by atoms with van der Waals surface area (Å²) in [5, 5.41) is 0. The fourth-order valence-electron chi connectivity index (χ4n) is 1.33. The third-order valence-corrected chi connectivity index (χ3v) is 2.52. The number of hydrogen-bond donors (Lipinski definition) is 0. The molecule has 0 aromatic heterocycles. The van der Waals surface area contributed by atoms with E-state index in [2.05, 4.69) is 0 Å². The molecule has 0 bridgehead atoms. The molecule has 0 fully saturated rings. The van der Waals surface area contributed by atoms with Gasteiger partial charge in [-0.3, -0.25) is 0 Å². The zero-order valence-electron chi connectivity index (χ0n) is 10.0. The summed E-state index contributed by atoms with van der Waals surface area (Å²) < 4.78 is 10.7. The number of esters is 1. The van der Waals surface area contributed by atoms with E-state index in [-0.39, 0.29) is 5.97 Å². The van der Waals surface area contributed by atoms with Crippen molar-refractivity contribution in [3.8, 4) is 5.75 Å². The van der Waals surface area contributed by atoms with E-state index >= 15 is 0 Å². The van der Waals surface area contributed by atoms with Crippen molar-refractivity contribution in [1.29, 1.82) is 0 Å². The summed E-state index contributed by atoms with van der Waals surface area (Å²) in [6.45, 7) is 6.02. The normalized spacial score (nSPS) is 14.2. The van der Waals surface area contributed by atoms with Crippen LogP contribution in [0.2, 0.25) is 0 Å². The molecule has 88 valence electrons. The van der Waals surface area contributed by atoms with Crippen molar-refractivity contribution in [2.75, 3.05) is 6.61 Å². The molecule has 0 radical (unpaired) electrons. The summed E-state index contributed by atoms with van der Waals surface area (Å²) in [5.41, 5.74) is -0.857. The summed E-state index contributed by atoms with van der Waals surface area (Å²) in [7, 11) is 0. The molecule has 1 aromatic rings. The molecule has 1 aromatic carbocycles. The summed E-state index contributed by atoms with van der Waals surface area (Å²) in [6, 6.07) is 9.03. The Labute approximate surface area is 96.4 Å². The summed E-state index contributed by atoms with van der Waals surface area (Å²) in [5.74, 6) is 0.204. The summed E-state index contributed by atoms with van der Waals surface area (Å²) in [6.07, 6.45) is 0.590. The molecule has 0 aliphatic rings. The van der Waals surface area contributed by atoms with Crippen LogP contribution in [0.3, 0.4) is 0 Å². The van der Waals surface area contributed by atoms with E-state index in [0.717, 1.165) is 0 Å². The Morgan fingerprint density at radius 1 is 1.25 bits per heavy atom. The van der Waals surface area contributed by atoms with E-state index < -0.39 is 5.60 Å². The first-order chi connectivity index (χ1) is 7.62. The van der Waals surface area contributed by atoms with Gasteiger partial charge in [-0.05, 0) is 32.4 Å². The van der Waals surface area contributed by atoms with Gasteiger partial charge in [0, 0.05) is 6.61 Å². The van der Waals surface area contributed by atoms with Crippen molar-refractivity contribution in [2.45, 2.75) is 32.8 Å². The topological polar surface area (TPSA) is 35.5 Å². The van der Waals surface area contributed by atoms with Crippen molar-refractivity contribution >= 4 is 5.97 Å². The average molecular weight is 222 g/mol. The highest BCUT2D eigenvalue weighted by Crippen LogP contribution is 2.19. The number of rotatable bonds is 5. The monoisotopic (exact) mass is 222 g/mol. The van der Waals surface area contributed by atoms with Crippen molar-refractivity contribution in [1.82, 2.24) is 0 Å². The number of hydrogen-bond acceptors (Lipinski definition) is 3. The number of carbonyl (C=O) groups is 1. The summed E-state index contributed by atoms with van der Waals surface area (Å²) in [4.78, 5) is 11.9. The number of para-hydroxylation sites is 1. The zero-order valence-corrected chi connectivity index (χ0v) is 10.0. The Kier molecular flexibility index (Phi) is 4.50. The molecule has 0 saturated carbocycles. The van der Waals surface area contributed by atoms with Gasteiger partial charge < -0.3 is 9.47 Å². The van der Waals surface area contributed by atoms with Gasteiger partial charge in [0.2, 0.25) is 0 Å². The molecule has 0 aliphatic carbocycles. The van der Waals surface area contributed by atoms with Gasteiger partial charge in [-0.1, -0.05) is 25.1 Å². The minimum Gasteiger partial charge on any atom is -0.424 e. The second-order valence-corrected chi connectivity index (χ2v) is 3.72. The fourth-order valence-corrected chi connectivity index (χ4v) is 1.33. The van der Waals surface area contributed by atoms with Gasteiger partial charge in [-0.25, -0.2) is 4.79 Å². The Hall–Kier alpha value is -1.35. The maximum absolute atomic E-state index is 11.9. The Morgan fingerprint density at radius 2 is 1.88 bits per heavy atom. The lowest BCUT2D eigenvalue weighted by Crippen LogP contribution is -2.41. The van der Waals surface area contributed by atoms with E-state index in [9.17, 15) is 4.79 Å². The van der Waals surface area contributed by atoms with Crippen LogP contribution < -0.4 is 4.74 Å². The predicted molar refractivity (Wildman–Crippen MR) is 62.4 cm³/mol. The lowest BCUT2D eigenvalue weighted by Gasteiger charge is -2.25. The molecule has 1 atom stereocenters. The number of carbonyl (C=O) groups excluding carboxylic acids is 1. The number of benzene rings is 1. The molecule has 0 saturated heterocycles. The SMILES string of the molecule is CCOC(C)(CC)C(=O)Oc1ccccc1. The second kappa shape index (κ2) is 5.66. The van der Waals surface area contributed by atoms with Crippen LogP contribution >= 0.6 is 0 Å². The van der Waals surface area contributed by atoms with Gasteiger partial charge in [0.25, 0.3) is 0 Å². The molecule has 0 spiro atoms. The summed E-state index contributed by atoms with van der Waals surface area (Å²) >= 11 is 0. The smallest absolute Gasteiger partial charge is 0.343 e. The largest absolute Gasteiger partial charge is 0.424 e. The standard InChI is InChI=1S/C13H18O3/c1-4-13(3,15-5-2)12(14)16-11-9-7-6-8-10-11/h6-10H,4-5H2,1-3H3. The number of ether oxygens (including phenoxy) is 2. The minimum absolute atomic E-state index is 0.344. The maximum Gasteiger partial charge on any atom is 0.343 e. The molecule has 1 rings (SSSR count). The Morgan fingerprint density at radius 3 is 2.38 bits per heavy atom. The molecule has 3 heteroatoms. The highest BCUT2D eigenvalue weighted by molar-refractivity contribution is 5.81. The minimum atomic E-state index is -0.857. The highest BCUT2D eigenvalue weighted by atomic mass is 16.6. The molecule has 1 unspecified atom stereocenters. The van der Waals surface area contributed by atoms with Crippen LogP contribution in [0, 0.1) is 0 Å². The molecule has 0 heterocycles. The lowest BCUT2D eigenvalue weighted by molar-refractivity contribution is -0.160. The van der Waals surface area contributed by atoms with Gasteiger partial charge in [-0.15, -0.1) is 0 Å². The first kappa shape index (κ1) is 12.7. The lowest BCUT2D eigenvalue weighted by atomic mass is 10.0. The van der Waals surface area contributed by atoms with Gasteiger partial charge >= 0.3 is 5.97 Å². The van der Waals surface area contributed by atoms with Gasteiger partial charge in [-0.2, -0.15) is 0 Å². The molecular weight excluding hydrogens is 204 g/mol. The Balaban J connectivity index is 2.70. The van der Waals surface area contributed by atoms with Crippen LogP contribution in [0.4, 0.5) is 0 Å². The second-order valence-electron chi connectivity index (χ2n) is 3.72. The predicted octanol–water partition coefficient (Wildman–Crippen LogP) is 2.80. The van der Waals surface area contributed by atoms with Crippen LogP contribution in [0.5, 0.6) is 5.75 Å². The van der Waals surface area contributed by atoms with Crippen LogP contribution in [0.15, 0.2) is 30.3 Å². The first-order valence-corrected chi connectivity index (χ1v) is 5.53. The van der Waals surface area contributed by atoms with Crippen molar-refractivity contribution in [2.24, 2.45) is 0 Å². The molecule has 0 N–H and O–H groups in total. The van der Waals surface area contributed by atoms with Crippen molar-refractivity contribution < 1.29 is 14.3 Å². The van der Waals surface area contributed by atoms with Crippen LogP contribution in [-0.4, -0.2) is 18.2 Å². The maximum atomic E-state index is 11.9. The Bertz CT molecular complexity index is 334. The van der Waals surface area contributed by atoms with Crippen LogP contribution in [-0.2, 0) is 9.53 Å². The van der Waals surface area contributed by atoms with E-state index in [4.69, 9.17) is 9.47 Å². The van der Waals surface area contributed by atoms with E-state index in [1.165, 1.54) is 0 Å². The molecular formula is C13H18O3. The molecule has 0 amide bonds. The van der Waals surface area contributed by atoms with Gasteiger partial charge in [0.05, 0.1) is 0 Å². The third-order valence-electron chi connectivity index (χ3n) is 2.52. The van der Waals surface area contributed by atoms with Crippen LogP contribution in [0.1, 0.15) is 27.2 Å². The zero-order chi connectivity index (χ0) is 12.0. The fraction of sp³-hybridized carbons (Fsp3) is 0.462. The first-order valence-electron chi connectivity index (χ1n) is 5.53. The van der Waals surface area contributed by atoms with E-state index in [1.54, 1.807) is 19.1 Å². The third kappa shape index (κ3) is 3.07. The highest BCUT2D eigenvalue weighted by Gasteiger charge is 2.34. The quantitative estimate of drug-likeness (QED) is 0.567. The molecule has 0 aliphatic heterocycles. The van der Waals surface area contributed by atoms with E-state index in [1.807, 2.05) is 32.0 Å². The van der Waals surface area contributed by atoms with Gasteiger partial charge in [0.1, 0.15) is 5.75 Å². The van der Waals surface area contributed by atoms with E-state index in [0.29, 0.717) is 18.8 Å². The average Bonchev–Trinajstić information content (AvgIpc) is 2.30. The van der Waals surface area contributed by atoms with Crippen LogP contribution in [0.25, 0.3) is 0 Å². The molecule has 16 heavy (non-hydrogen) atoms. The van der Waals surface area contributed by atoms with Gasteiger partial charge in [0.15, 0.2) is 5.60 Å². The van der Waals surface area contributed by atoms with Crippen molar-refractivity contribution in [3.05, 3.63) is 30.3 Å². The van der Waals surface area contributed by atoms with Crippen molar-refractivity contribution in [3.63, 3.8) is 0 Å².